The Morgan fingerprint density at radius 1 is 1.38 bits per heavy atom. The number of benzene rings is 1. The maximum absolute atomic E-state index is 11.4. The lowest BCUT2D eigenvalue weighted by atomic mass is 10.2. The van der Waals surface area contributed by atoms with Crippen molar-refractivity contribution in [2.24, 2.45) is 0 Å². The van der Waals surface area contributed by atoms with Gasteiger partial charge in [0.25, 0.3) is 0 Å². The fourth-order valence-electron chi connectivity index (χ4n) is 2.42. The molecule has 1 aromatic carbocycles. The minimum atomic E-state index is -0.968. The third-order valence-corrected chi connectivity index (χ3v) is 5.11. The largest absolute Gasteiger partial charge is 0.493 e. The normalized spacial score (nSPS) is 11.0. The van der Waals surface area contributed by atoms with E-state index in [-0.39, 0.29) is 4.88 Å². The van der Waals surface area contributed by atoms with Gasteiger partial charge in [0.15, 0.2) is 11.5 Å². The van der Waals surface area contributed by atoms with Crippen molar-refractivity contribution in [2.75, 3.05) is 34.4 Å². The molecule has 0 spiro atoms. The van der Waals surface area contributed by atoms with Crippen LogP contribution in [0.1, 0.15) is 28.7 Å². The molecule has 0 fully saturated rings. The Labute approximate surface area is 162 Å². The lowest BCUT2D eigenvalue weighted by Gasteiger charge is -2.15. The van der Waals surface area contributed by atoms with Gasteiger partial charge in [0.05, 0.1) is 24.4 Å². The SMILES string of the molecule is CCc1nc(-c2cc(Cl)c(OCCCN(C)C)c(OC)c2)sc1C(=O)O. The van der Waals surface area contributed by atoms with E-state index >= 15 is 0 Å². The lowest BCUT2D eigenvalue weighted by Crippen LogP contribution is -2.15. The molecule has 1 aromatic heterocycles. The van der Waals surface area contributed by atoms with Gasteiger partial charge in [-0.25, -0.2) is 9.78 Å². The Bertz CT molecular complexity index is 777. The minimum Gasteiger partial charge on any atom is -0.493 e. The summed E-state index contributed by atoms with van der Waals surface area (Å²) in [5, 5.41) is 10.3. The van der Waals surface area contributed by atoms with Crippen LogP contribution >= 0.6 is 22.9 Å². The van der Waals surface area contributed by atoms with Crippen molar-refractivity contribution in [3.63, 3.8) is 0 Å². The molecule has 1 N–H and O–H groups in total. The first kappa shape index (κ1) is 20.5. The lowest BCUT2D eigenvalue weighted by molar-refractivity contribution is 0.0701. The number of rotatable bonds is 9. The molecular formula is C18H23ClN2O4S. The maximum Gasteiger partial charge on any atom is 0.347 e. The zero-order chi connectivity index (χ0) is 19.3. The number of carboxylic acids is 1. The molecule has 0 aliphatic rings. The van der Waals surface area contributed by atoms with Gasteiger partial charge < -0.3 is 19.5 Å². The highest BCUT2D eigenvalue weighted by molar-refractivity contribution is 7.17. The Balaban J connectivity index is 2.29. The van der Waals surface area contributed by atoms with Gasteiger partial charge in [0.1, 0.15) is 9.88 Å². The van der Waals surface area contributed by atoms with Gasteiger partial charge >= 0.3 is 5.97 Å². The van der Waals surface area contributed by atoms with Crippen molar-refractivity contribution in [1.29, 1.82) is 0 Å². The van der Waals surface area contributed by atoms with Gasteiger partial charge in [0, 0.05) is 12.1 Å². The maximum atomic E-state index is 11.4. The summed E-state index contributed by atoms with van der Waals surface area (Å²) < 4.78 is 11.2. The highest BCUT2D eigenvalue weighted by Gasteiger charge is 2.19. The van der Waals surface area contributed by atoms with Crippen LogP contribution in [0.25, 0.3) is 10.6 Å². The van der Waals surface area contributed by atoms with Crippen molar-refractivity contribution in [3.05, 3.63) is 27.7 Å². The molecule has 0 aliphatic heterocycles. The average Bonchev–Trinajstić information content (AvgIpc) is 3.03. The molecule has 2 rings (SSSR count). The Kier molecular flexibility index (Phi) is 7.25. The molecule has 8 heteroatoms. The van der Waals surface area contributed by atoms with Crippen LogP contribution in [-0.4, -0.2) is 55.3 Å². The second-order valence-electron chi connectivity index (χ2n) is 5.95. The summed E-state index contributed by atoms with van der Waals surface area (Å²) in [5.74, 6) is 0.0226. The predicted octanol–water partition coefficient (Wildman–Crippen LogP) is 4.06. The topological polar surface area (TPSA) is 71.9 Å². The van der Waals surface area contributed by atoms with Crippen LogP contribution < -0.4 is 9.47 Å². The van der Waals surface area contributed by atoms with Crippen LogP contribution in [0.15, 0.2) is 12.1 Å². The molecule has 0 bridgehead atoms. The van der Waals surface area contributed by atoms with Crippen LogP contribution in [0.2, 0.25) is 5.02 Å². The summed E-state index contributed by atoms with van der Waals surface area (Å²) in [6, 6.07) is 3.51. The summed E-state index contributed by atoms with van der Waals surface area (Å²) in [5.41, 5.74) is 1.27. The van der Waals surface area contributed by atoms with Gasteiger partial charge in [-0.2, -0.15) is 0 Å². The van der Waals surface area contributed by atoms with E-state index in [1.54, 1.807) is 19.2 Å². The Morgan fingerprint density at radius 3 is 2.65 bits per heavy atom. The van der Waals surface area contributed by atoms with E-state index in [1.165, 1.54) is 0 Å². The molecule has 2 aromatic rings. The van der Waals surface area contributed by atoms with Crippen LogP contribution in [0, 0.1) is 0 Å². The zero-order valence-electron chi connectivity index (χ0n) is 15.3. The highest BCUT2D eigenvalue weighted by Crippen LogP contribution is 2.41. The summed E-state index contributed by atoms with van der Waals surface area (Å²) in [6.07, 6.45) is 1.42. The molecule has 142 valence electrons. The fourth-order valence-corrected chi connectivity index (χ4v) is 3.67. The molecule has 0 aliphatic carbocycles. The molecule has 0 amide bonds. The number of methoxy groups -OCH3 is 1. The summed E-state index contributed by atoms with van der Waals surface area (Å²) in [6.45, 7) is 3.31. The number of nitrogens with zero attached hydrogens (tertiary/aromatic N) is 2. The number of carbonyl (C=O) groups is 1. The molecular weight excluding hydrogens is 376 g/mol. The first-order valence-electron chi connectivity index (χ1n) is 8.25. The molecule has 6 nitrogen and oxygen atoms in total. The molecule has 0 saturated heterocycles. The molecule has 0 radical (unpaired) electrons. The smallest absolute Gasteiger partial charge is 0.347 e. The average molecular weight is 399 g/mol. The molecule has 0 unspecified atom stereocenters. The zero-order valence-corrected chi connectivity index (χ0v) is 16.9. The van der Waals surface area contributed by atoms with Gasteiger partial charge in [-0.1, -0.05) is 18.5 Å². The summed E-state index contributed by atoms with van der Waals surface area (Å²) >= 11 is 7.53. The number of aromatic nitrogens is 1. The van der Waals surface area contributed by atoms with Crippen molar-refractivity contribution in [3.8, 4) is 22.1 Å². The second-order valence-corrected chi connectivity index (χ2v) is 7.35. The fraction of sp³-hybridized carbons (Fsp3) is 0.444. The number of aromatic carboxylic acids is 1. The van der Waals surface area contributed by atoms with Gasteiger partial charge in [-0.3, -0.25) is 0 Å². The van der Waals surface area contributed by atoms with E-state index in [0.29, 0.717) is 45.8 Å². The van der Waals surface area contributed by atoms with Gasteiger partial charge in [0.2, 0.25) is 0 Å². The second kappa shape index (κ2) is 9.21. The van der Waals surface area contributed by atoms with Crippen molar-refractivity contribution in [2.45, 2.75) is 19.8 Å². The number of thiazole rings is 1. The quantitative estimate of drug-likeness (QED) is 0.642. The molecule has 0 saturated carbocycles. The monoisotopic (exact) mass is 398 g/mol. The first-order chi connectivity index (χ1) is 12.4. The number of aryl methyl sites for hydroxylation is 1. The molecule has 1 heterocycles. The molecule has 26 heavy (non-hydrogen) atoms. The van der Waals surface area contributed by atoms with Crippen LogP contribution in [0.5, 0.6) is 11.5 Å². The minimum absolute atomic E-state index is 0.251. The van der Waals surface area contributed by atoms with E-state index in [4.69, 9.17) is 21.1 Å². The van der Waals surface area contributed by atoms with E-state index in [9.17, 15) is 9.90 Å². The summed E-state index contributed by atoms with van der Waals surface area (Å²) in [7, 11) is 5.56. The highest BCUT2D eigenvalue weighted by atomic mass is 35.5. The molecule has 0 atom stereocenters. The van der Waals surface area contributed by atoms with E-state index < -0.39 is 5.97 Å². The van der Waals surface area contributed by atoms with Crippen LogP contribution in [0.4, 0.5) is 0 Å². The number of carboxylic acid groups (broad SMARTS) is 1. The Hall–Kier alpha value is -1.83. The standard InChI is InChI=1S/C18H23ClN2O4S/c1-5-13-16(18(22)23)26-17(20-13)11-9-12(19)15(14(10-11)24-4)25-8-6-7-21(2)3/h9-10H,5-8H2,1-4H3,(H,22,23). The number of hydrogen-bond acceptors (Lipinski definition) is 6. The number of ether oxygens (including phenoxy) is 2. The van der Waals surface area contributed by atoms with E-state index in [2.05, 4.69) is 9.88 Å². The Morgan fingerprint density at radius 2 is 2.12 bits per heavy atom. The summed E-state index contributed by atoms with van der Waals surface area (Å²) in [4.78, 5) is 18.1. The van der Waals surface area contributed by atoms with Crippen molar-refractivity contribution >= 4 is 28.9 Å². The number of hydrogen-bond donors (Lipinski definition) is 1. The predicted molar refractivity (Wildman–Crippen MR) is 104 cm³/mol. The first-order valence-corrected chi connectivity index (χ1v) is 9.45. The van der Waals surface area contributed by atoms with Gasteiger partial charge in [-0.05, 0) is 39.1 Å². The third-order valence-electron chi connectivity index (χ3n) is 3.70. The van der Waals surface area contributed by atoms with Crippen molar-refractivity contribution < 1.29 is 19.4 Å². The van der Waals surface area contributed by atoms with E-state index in [0.717, 1.165) is 24.3 Å². The van der Waals surface area contributed by atoms with Crippen molar-refractivity contribution in [1.82, 2.24) is 9.88 Å². The van der Waals surface area contributed by atoms with Gasteiger partial charge in [-0.15, -0.1) is 11.3 Å². The third kappa shape index (κ3) is 4.87. The van der Waals surface area contributed by atoms with Crippen LogP contribution in [0.3, 0.4) is 0 Å². The van der Waals surface area contributed by atoms with E-state index in [1.807, 2.05) is 21.0 Å². The van der Waals surface area contributed by atoms with Crippen LogP contribution in [-0.2, 0) is 6.42 Å². The number of halogens is 1.